The monoisotopic (exact) mass is 430 g/mol. The quantitative estimate of drug-likeness (QED) is 0.723. The number of piperazine rings is 1. The van der Waals surface area contributed by atoms with Crippen molar-refractivity contribution < 1.29 is 13.6 Å². The molecule has 2 saturated heterocycles. The molecule has 5 nitrogen and oxygen atoms in total. The second-order valence-corrected chi connectivity index (χ2v) is 8.61. The van der Waals surface area contributed by atoms with Gasteiger partial charge < -0.3 is 19.3 Å². The van der Waals surface area contributed by atoms with E-state index in [0.29, 0.717) is 5.69 Å². The van der Waals surface area contributed by atoms with E-state index in [0.717, 1.165) is 75.6 Å². The third-order valence-electron chi connectivity index (χ3n) is 6.84. The Morgan fingerprint density at radius 3 is 2.16 bits per heavy atom. The summed E-state index contributed by atoms with van der Waals surface area (Å²) >= 11 is 0. The van der Waals surface area contributed by atoms with Crippen molar-refractivity contribution in [1.82, 2.24) is 14.4 Å². The van der Waals surface area contributed by atoms with Crippen molar-refractivity contribution in [3.05, 3.63) is 52.3 Å². The lowest BCUT2D eigenvalue weighted by atomic mass is 10.1. The van der Waals surface area contributed by atoms with Gasteiger partial charge in [0.1, 0.15) is 17.3 Å². The van der Waals surface area contributed by atoms with Crippen molar-refractivity contribution in [3.63, 3.8) is 0 Å². The van der Waals surface area contributed by atoms with Gasteiger partial charge in [0, 0.05) is 56.1 Å². The van der Waals surface area contributed by atoms with Crippen molar-refractivity contribution in [3.8, 4) is 0 Å². The zero-order chi connectivity index (χ0) is 22.1. The molecule has 0 saturated carbocycles. The molecule has 1 aromatic carbocycles. The smallest absolute Gasteiger partial charge is 0.270 e. The molecule has 1 amide bonds. The van der Waals surface area contributed by atoms with Gasteiger partial charge in [-0.25, -0.2) is 8.78 Å². The van der Waals surface area contributed by atoms with Crippen LogP contribution < -0.4 is 4.90 Å². The third kappa shape index (κ3) is 4.07. The summed E-state index contributed by atoms with van der Waals surface area (Å²) in [6.45, 7) is 12.3. The summed E-state index contributed by atoms with van der Waals surface area (Å²) in [4.78, 5) is 20.1. The minimum Gasteiger partial charge on any atom is -0.367 e. The van der Waals surface area contributed by atoms with E-state index >= 15 is 0 Å². The Balaban J connectivity index is 1.77. The zero-order valence-corrected chi connectivity index (χ0v) is 18.8. The maximum Gasteiger partial charge on any atom is 0.270 e. The summed E-state index contributed by atoms with van der Waals surface area (Å²) in [7, 11) is 0. The van der Waals surface area contributed by atoms with Gasteiger partial charge in [0.05, 0.1) is 12.2 Å². The predicted molar refractivity (Wildman–Crippen MR) is 119 cm³/mol. The summed E-state index contributed by atoms with van der Waals surface area (Å²) in [5.41, 5.74) is 3.41. The van der Waals surface area contributed by atoms with Crippen LogP contribution in [0.4, 0.5) is 14.5 Å². The van der Waals surface area contributed by atoms with Crippen LogP contribution in [0.1, 0.15) is 47.1 Å². The Morgan fingerprint density at radius 1 is 0.968 bits per heavy atom. The van der Waals surface area contributed by atoms with Crippen molar-refractivity contribution in [1.29, 1.82) is 0 Å². The van der Waals surface area contributed by atoms with Crippen molar-refractivity contribution in [2.45, 2.75) is 40.2 Å². The molecule has 3 heterocycles. The molecule has 2 aliphatic rings. The molecule has 168 valence electrons. The molecule has 0 unspecified atom stereocenters. The molecular formula is C24H32F2N4O. The summed E-state index contributed by atoms with van der Waals surface area (Å²) in [6, 6.07) is 3.92. The highest BCUT2D eigenvalue weighted by atomic mass is 19.1. The van der Waals surface area contributed by atoms with E-state index in [2.05, 4.69) is 16.7 Å². The highest BCUT2D eigenvalue weighted by Crippen LogP contribution is 2.34. The summed E-state index contributed by atoms with van der Waals surface area (Å²) in [5, 5.41) is 0. The van der Waals surface area contributed by atoms with Crippen molar-refractivity contribution in [2.75, 3.05) is 50.7 Å². The van der Waals surface area contributed by atoms with Crippen LogP contribution in [0.3, 0.4) is 0 Å². The first-order valence-electron chi connectivity index (χ1n) is 11.3. The number of hydrogen-bond acceptors (Lipinski definition) is 3. The summed E-state index contributed by atoms with van der Waals surface area (Å²) < 4.78 is 30.8. The fourth-order valence-corrected chi connectivity index (χ4v) is 5.02. The predicted octanol–water partition coefficient (Wildman–Crippen LogP) is 3.81. The molecule has 7 heteroatoms. The summed E-state index contributed by atoms with van der Waals surface area (Å²) in [6.07, 6.45) is 2.00. The van der Waals surface area contributed by atoms with E-state index in [9.17, 15) is 13.6 Å². The number of rotatable bonds is 5. The lowest BCUT2D eigenvalue weighted by Gasteiger charge is -2.36. The van der Waals surface area contributed by atoms with Gasteiger partial charge in [-0.1, -0.05) is 13.0 Å². The van der Waals surface area contributed by atoms with Crippen LogP contribution >= 0.6 is 0 Å². The van der Waals surface area contributed by atoms with Gasteiger partial charge in [-0.05, 0) is 45.4 Å². The Hall–Kier alpha value is -2.41. The molecule has 2 fully saturated rings. The maximum atomic E-state index is 14.5. The minimum absolute atomic E-state index is 0.00146. The van der Waals surface area contributed by atoms with Crippen LogP contribution in [0.2, 0.25) is 0 Å². The number of halogens is 2. The van der Waals surface area contributed by atoms with Gasteiger partial charge in [-0.3, -0.25) is 4.79 Å². The van der Waals surface area contributed by atoms with Gasteiger partial charge in [-0.15, -0.1) is 0 Å². The Morgan fingerprint density at radius 2 is 1.58 bits per heavy atom. The van der Waals surface area contributed by atoms with Crippen LogP contribution in [0, 0.1) is 25.5 Å². The molecule has 31 heavy (non-hydrogen) atoms. The van der Waals surface area contributed by atoms with E-state index in [1.54, 1.807) is 0 Å². The number of anilines is 1. The molecule has 0 N–H and O–H groups in total. The molecule has 0 radical (unpaired) electrons. The van der Waals surface area contributed by atoms with E-state index < -0.39 is 11.6 Å². The van der Waals surface area contributed by atoms with E-state index in [4.69, 9.17) is 0 Å². The molecule has 0 atom stereocenters. The lowest BCUT2D eigenvalue weighted by Crippen LogP contribution is -2.46. The Kier molecular flexibility index (Phi) is 6.32. The highest BCUT2D eigenvalue weighted by Gasteiger charge is 2.31. The molecule has 2 aliphatic heterocycles. The Bertz CT molecular complexity index is 937. The first-order valence-corrected chi connectivity index (χ1v) is 11.3. The van der Waals surface area contributed by atoms with E-state index in [-0.39, 0.29) is 18.0 Å². The maximum absolute atomic E-state index is 14.5. The molecular weight excluding hydrogens is 398 g/mol. The molecule has 0 aliphatic carbocycles. The van der Waals surface area contributed by atoms with E-state index in [1.807, 2.05) is 23.3 Å². The SMILES string of the molecule is CCN1CCN(c2c(C)c(C(=O)N3CCCC3)n(Cc3c(F)cccc3F)c2C)CC1. The lowest BCUT2D eigenvalue weighted by molar-refractivity contribution is 0.0781. The van der Waals surface area contributed by atoms with Crippen LogP contribution in [0.25, 0.3) is 0 Å². The van der Waals surface area contributed by atoms with Gasteiger partial charge in [0.2, 0.25) is 0 Å². The van der Waals surface area contributed by atoms with Crippen molar-refractivity contribution in [2.24, 2.45) is 0 Å². The fraction of sp³-hybridized carbons (Fsp3) is 0.542. The molecule has 4 rings (SSSR count). The van der Waals surface area contributed by atoms with Gasteiger partial charge in [0.15, 0.2) is 0 Å². The van der Waals surface area contributed by atoms with Gasteiger partial charge in [-0.2, -0.15) is 0 Å². The normalized spacial score (nSPS) is 17.6. The average Bonchev–Trinajstić information content (AvgIpc) is 3.38. The highest BCUT2D eigenvalue weighted by molar-refractivity contribution is 5.97. The zero-order valence-electron chi connectivity index (χ0n) is 18.8. The Labute approximate surface area is 183 Å². The van der Waals surface area contributed by atoms with Crippen molar-refractivity contribution >= 4 is 11.6 Å². The summed E-state index contributed by atoms with van der Waals surface area (Å²) in [5.74, 6) is -1.19. The largest absolute Gasteiger partial charge is 0.367 e. The second-order valence-electron chi connectivity index (χ2n) is 8.61. The average molecular weight is 431 g/mol. The minimum atomic E-state index is -0.580. The number of nitrogens with zero attached hydrogens (tertiary/aromatic N) is 4. The number of likely N-dealkylation sites (tertiary alicyclic amines) is 1. The van der Waals surface area contributed by atoms with Crippen LogP contribution in [0.5, 0.6) is 0 Å². The number of carbonyl (C=O) groups excluding carboxylic acids is 1. The third-order valence-corrected chi connectivity index (χ3v) is 6.84. The van der Waals surface area contributed by atoms with Crippen LogP contribution in [0.15, 0.2) is 18.2 Å². The molecule has 0 spiro atoms. The van der Waals surface area contributed by atoms with Crippen LogP contribution in [-0.4, -0.2) is 66.1 Å². The number of hydrogen-bond donors (Lipinski definition) is 0. The number of amides is 1. The number of aromatic nitrogens is 1. The number of benzene rings is 1. The second kappa shape index (κ2) is 8.99. The number of carbonyl (C=O) groups is 1. The standard InChI is InChI=1S/C24H32F2N4O/c1-4-27-12-14-28(15-13-27)22-17(2)23(24(31)29-10-5-6-11-29)30(18(22)3)16-19-20(25)8-7-9-21(19)26/h7-9H,4-6,10-16H2,1-3H3. The number of likely N-dealkylation sites (N-methyl/N-ethyl adjacent to an activating group) is 1. The molecule has 0 bridgehead atoms. The molecule has 2 aromatic rings. The van der Waals surface area contributed by atoms with Crippen LogP contribution in [-0.2, 0) is 6.54 Å². The van der Waals surface area contributed by atoms with Gasteiger partial charge in [0.25, 0.3) is 5.91 Å². The fourth-order valence-electron chi connectivity index (χ4n) is 5.02. The first kappa shape index (κ1) is 21.8. The molecule has 1 aromatic heterocycles. The topological polar surface area (TPSA) is 31.7 Å². The van der Waals surface area contributed by atoms with Gasteiger partial charge >= 0.3 is 0 Å². The first-order chi connectivity index (χ1) is 14.9. The van der Waals surface area contributed by atoms with E-state index in [1.165, 1.54) is 18.2 Å².